The van der Waals surface area contributed by atoms with Crippen LogP contribution in [0.2, 0.25) is 0 Å². The van der Waals surface area contributed by atoms with Crippen molar-refractivity contribution in [1.82, 2.24) is 10.2 Å². The van der Waals surface area contributed by atoms with Crippen LogP contribution in [0.4, 0.5) is 32.2 Å². The van der Waals surface area contributed by atoms with Crippen LogP contribution in [0.25, 0.3) is 11.3 Å². The highest BCUT2D eigenvalue weighted by Crippen LogP contribution is 2.41. The first-order valence-corrected chi connectivity index (χ1v) is 7.44. The first-order chi connectivity index (χ1) is 11.9. The Balaban J connectivity index is 2.51. The maximum Gasteiger partial charge on any atom is 0.417 e. The molecule has 0 fully saturated rings. The van der Waals surface area contributed by atoms with Crippen molar-refractivity contribution in [3.8, 4) is 11.3 Å². The number of nitrogens with zero attached hydrogens (tertiary/aromatic N) is 2. The number of halogens is 6. The van der Waals surface area contributed by atoms with Gasteiger partial charge < -0.3 is 10.4 Å². The molecule has 10 heteroatoms. The fourth-order valence-electron chi connectivity index (χ4n) is 2.25. The fraction of sp³-hybridized carbons (Fsp3) is 0.375. The number of aliphatic hydroxyl groups is 1. The highest BCUT2D eigenvalue weighted by Gasteiger charge is 2.38. The molecule has 0 amide bonds. The summed E-state index contributed by atoms with van der Waals surface area (Å²) in [7, 11) is 0. The number of rotatable bonds is 4. The van der Waals surface area contributed by atoms with E-state index in [9.17, 15) is 31.4 Å². The predicted molar refractivity (Wildman–Crippen MR) is 82.4 cm³/mol. The van der Waals surface area contributed by atoms with Gasteiger partial charge in [0.1, 0.15) is 5.82 Å². The lowest BCUT2D eigenvalue weighted by Gasteiger charge is -2.17. The van der Waals surface area contributed by atoms with Gasteiger partial charge in [-0.15, -0.1) is 10.2 Å². The molecule has 2 N–H and O–H groups in total. The van der Waals surface area contributed by atoms with Gasteiger partial charge in [0.15, 0.2) is 0 Å². The zero-order chi connectivity index (χ0) is 19.7. The van der Waals surface area contributed by atoms with Crippen LogP contribution in [0, 0.1) is 6.92 Å². The molecule has 0 aliphatic carbocycles. The number of hydrogen-bond donors (Lipinski definition) is 2. The van der Waals surface area contributed by atoms with Crippen LogP contribution in [0.1, 0.15) is 23.6 Å². The topological polar surface area (TPSA) is 58.0 Å². The zero-order valence-electron chi connectivity index (χ0n) is 13.7. The second-order valence-electron chi connectivity index (χ2n) is 5.75. The van der Waals surface area contributed by atoms with E-state index < -0.39 is 35.1 Å². The normalized spacial score (nSPS) is 13.6. The van der Waals surface area contributed by atoms with Gasteiger partial charge in [-0.3, -0.25) is 0 Å². The average molecular weight is 379 g/mol. The van der Waals surface area contributed by atoms with Crippen LogP contribution in [0.15, 0.2) is 24.3 Å². The summed E-state index contributed by atoms with van der Waals surface area (Å²) in [6.45, 7) is 3.15. The molecule has 4 nitrogen and oxygen atoms in total. The molecule has 0 radical (unpaired) electrons. The molecule has 0 spiro atoms. The Morgan fingerprint density at radius 1 is 1.04 bits per heavy atom. The number of aromatic nitrogens is 2. The molecule has 1 aromatic carbocycles. The van der Waals surface area contributed by atoms with Gasteiger partial charge in [0, 0.05) is 12.1 Å². The van der Waals surface area contributed by atoms with Gasteiger partial charge in [-0.05, 0) is 37.6 Å². The van der Waals surface area contributed by atoms with Gasteiger partial charge in [-0.25, -0.2) is 0 Å². The predicted octanol–water partition coefficient (Wildman–Crippen LogP) is 4.28. The largest absolute Gasteiger partial charge is 0.417 e. The molecular formula is C16H15F6N3O. The van der Waals surface area contributed by atoms with Crippen molar-refractivity contribution in [2.75, 3.05) is 11.9 Å². The van der Waals surface area contributed by atoms with Crippen molar-refractivity contribution in [2.45, 2.75) is 32.3 Å². The van der Waals surface area contributed by atoms with Crippen LogP contribution >= 0.6 is 0 Å². The summed E-state index contributed by atoms with van der Waals surface area (Å²) < 4.78 is 78.0. The molecule has 0 unspecified atom stereocenters. The maximum atomic E-state index is 13.3. The number of anilines is 1. The highest BCUT2D eigenvalue weighted by atomic mass is 19.4. The van der Waals surface area contributed by atoms with E-state index in [4.69, 9.17) is 0 Å². The molecular weight excluding hydrogens is 364 g/mol. The minimum atomic E-state index is -4.99. The van der Waals surface area contributed by atoms with Crippen molar-refractivity contribution in [2.24, 2.45) is 0 Å². The van der Waals surface area contributed by atoms with Gasteiger partial charge in [0.25, 0.3) is 0 Å². The lowest BCUT2D eigenvalue weighted by Crippen LogP contribution is -2.17. The Morgan fingerprint density at radius 2 is 1.69 bits per heavy atom. The number of nitrogens with one attached hydrogen (secondary N) is 1. The third-order valence-electron chi connectivity index (χ3n) is 3.47. The first kappa shape index (κ1) is 20.0. The molecule has 142 valence electrons. The van der Waals surface area contributed by atoms with E-state index in [0.717, 1.165) is 6.07 Å². The van der Waals surface area contributed by atoms with Crippen LogP contribution in [-0.4, -0.2) is 28.0 Å². The molecule has 26 heavy (non-hydrogen) atoms. The number of hydrogen-bond acceptors (Lipinski definition) is 4. The van der Waals surface area contributed by atoms with E-state index in [-0.39, 0.29) is 24.1 Å². The van der Waals surface area contributed by atoms with Gasteiger partial charge in [-0.2, -0.15) is 26.3 Å². The Labute approximate surface area is 144 Å². The highest BCUT2D eigenvalue weighted by molar-refractivity contribution is 5.68. The summed E-state index contributed by atoms with van der Waals surface area (Å²) in [5.41, 5.74) is -3.20. The van der Waals surface area contributed by atoms with Gasteiger partial charge >= 0.3 is 12.4 Å². The molecule has 2 rings (SSSR count). The molecule has 1 atom stereocenters. The lowest BCUT2D eigenvalue weighted by molar-refractivity contribution is -0.142. The van der Waals surface area contributed by atoms with Gasteiger partial charge in [0.2, 0.25) is 0 Å². The third-order valence-corrected chi connectivity index (χ3v) is 3.47. The van der Waals surface area contributed by atoms with E-state index in [1.54, 1.807) is 0 Å². The monoisotopic (exact) mass is 379 g/mol. The molecule has 2 aromatic rings. The van der Waals surface area contributed by atoms with Crippen molar-refractivity contribution < 1.29 is 31.4 Å². The summed E-state index contributed by atoms with van der Waals surface area (Å²) in [4.78, 5) is 0. The number of benzene rings is 1. The van der Waals surface area contributed by atoms with Crippen LogP contribution < -0.4 is 5.32 Å². The number of alkyl halides is 6. The second kappa shape index (κ2) is 7.10. The van der Waals surface area contributed by atoms with E-state index >= 15 is 0 Å². The quantitative estimate of drug-likeness (QED) is 0.779. The summed E-state index contributed by atoms with van der Waals surface area (Å²) in [5, 5.41) is 19.4. The van der Waals surface area contributed by atoms with Crippen molar-refractivity contribution in [3.05, 3.63) is 41.0 Å². The average Bonchev–Trinajstić information content (AvgIpc) is 2.51. The van der Waals surface area contributed by atoms with E-state index in [2.05, 4.69) is 15.5 Å². The molecule has 0 aliphatic rings. The van der Waals surface area contributed by atoms with Crippen molar-refractivity contribution in [3.63, 3.8) is 0 Å². The minimum absolute atomic E-state index is 0.0655. The number of aryl methyl sites for hydroxylation is 1. The zero-order valence-corrected chi connectivity index (χ0v) is 13.7. The van der Waals surface area contributed by atoms with E-state index in [1.165, 1.54) is 19.9 Å². The smallest absolute Gasteiger partial charge is 0.392 e. The van der Waals surface area contributed by atoms with E-state index in [0.29, 0.717) is 11.6 Å². The molecule has 0 bridgehead atoms. The number of aliphatic hydroxyl groups excluding tert-OH is 1. The Bertz CT molecular complexity index is 787. The maximum absolute atomic E-state index is 13.3. The Hall–Kier alpha value is -2.36. The van der Waals surface area contributed by atoms with Gasteiger partial charge in [0.05, 0.1) is 22.9 Å². The third kappa shape index (κ3) is 4.63. The Kier molecular flexibility index (Phi) is 5.45. The fourth-order valence-corrected chi connectivity index (χ4v) is 2.25. The van der Waals surface area contributed by atoms with E-state index in [1.807, 2.05) is 0 Å². The van der Waals surface area contributed by atoms with Gasteiger partial charge in [-0.1, -0.05) is 6.07 Å². The van der Waals surface area contributed by atoms with Crippen LogP contribution in [0.5, 0.6) is 0 Å². The van der Waals surface area contributed by atoms with Crippen molar-refractivity contribution in [1.29, 1.82) is 0 Å². The second-order valence-corrected chi connectivity index (χ2v) is 5.75. The lowest BCUT2D eigenvalue weighted by atomic mass is 9.98. The van der Waals surface area contributed by atoms with Crippen LogP contribution in [0.3, 0.4) is 0 Å². The summed E-state index contributed by atoms with van der Waals surface area (Å²) >= 11 is 0. The standard InChI is InChI=1S/C16H15F6N3O/c1-8-5-13(23-7-9(2)26)24-25-14(8)11-4-3-10(15(17,18)19)6-12(11)16(20,21)22/h3-6,9,26H,7H2,1-2H3,(H,23,24)/t9-/m1/s1. The Morgan fingerprint density at radius 3 is 2.19 bits per heavy atom. The molecule has 1 heterocycles. The summed E-state index contributed by atoms with van der Waals surface area (Å²) in [6.07, 6.45) is -10.6. The summed E-state index contributed by atoms with van der Waals surface area (Å²) in [5.74, 6) is 0.229. The summed E-state index contributed by atoms with van der Waals surface area (Å²) in [6, 6.07) is 2.79. The molecule has 0 saturated heterocycles. The van der Waals surface area contributed by atoms with Crippen LogP contribution in [-0.2, 0) is 12.4 Å². The van der Waals surface area contributed by atoms with Crippen molar-refractivity contribution >= 4 is 5.82 Å². The molecule has 0 aliphatic heterocycles. The minimum Gasteiger partial charge on any atom is -0.392 e. The SMILES string of the molecule is Cc1cc(NC[C@@H](C)O)nnc1-c1ccc(C(F)(F)F)cc1C(F)(F)F. The molecule has 1 aromatic heterocycles. The first-order valence-electron chi connectivity index (χ1n) is 7.44. The molecule has 0 saturated carbocycles.